The van der Waals surface area contributed by atoms with Gasteiger partial charge in [-0.2, -0.15) is 4.98 Å². The Kier molecular flexibility index (Phi) is 5.03. The largest absolute Gasteiger partial charge is 0.337 e. The predicted molar refractivity (Wildman–Crippen MR) is 77.8 cm³/mol. The quantitative estimate of drug-likeness (QED) is 0.839. The maximum absolute atomic E-state index is 11.8. The number of hydrogen-bond acceptors (Lipinski definition) is 6. The highest BCUT2D eigenvalue weighted by atomic mass is 32.2. The van der Waals surface area contributed by atoms with Crippen LogP contribution in [0.5, 0.6) is 0 Å². The summed E-state index contributed by atoms with van der Waals surface area (Å²) in [4.78, 5) is 8.29. The highest BCUT2D eigenvalue weighted by Gasteiger charge is 2.20. The highest BCUT2D eigenvalue weighted by Crippen LogP contribution is 2.17. The van der Waals surface area contributed by atoms with Crippen LogP contribution >= 0.6 is 0 Å². The Morgan fingerprint density at radius 2 is 2.19 bits per heavy atom. The van der Waals surface area contributed by atoms with Crippen LogP contribution in [0.25, 0.3) is 11.5 Å². The summed E-state index contributed by atoms with van der Waals surface area (Å²) in [6.07, 6.45) is 3.06. The fourth-order valence-electron chi connectivity index (χ4n) is 1.72. The van der Waals surface area contributed by atoms with Gasteiger partial charge in [-0.1, -0.05) is 24.6 Å². The van der Waals surface area contributed by atoms with E-state index in [0.29, 0.717) is 17.9 Å². The van der Waals surface area contributed by atoms with Crippen molar-refractivity contribution < 1.29 is 12.9 Å². The van der Waals surface area contributed by atoms with Crippen molar-refractivity contribution in [3.8, 4) is 11.5 Å². The van der Waals surface area contributed by atoms with Crippen molar-refractivity contribution in [2.75, 3.05) is 5.75 Å². The van der Waals surface area contributed by atoms with E-state index in [1.807, 2.05) is 13.0 Å². The number of nitrogens with one attached hydrogen (secondary N) is 1. The summed E-state index contributed by atoms with van der Waals surface area (Å²) in [5.74, 6) is 0.649. The van der Waals surface area contributed by atoms with Crippen molar-refractivity contribution in [3.05, 3.63) is 30.3 Å². The number of unbranched alkanes of at least 4 members (excludes halogenated alkanes) is 1. The molecule has 1 atom stereocenters. The molecule has 8 heteroatoms. The molecule has 1 N–H and O–H groups in total. The molecule has 0 aliphatic carbocycles. The first kappa shape index (κ1) is 15.6. The average molecular weight is 310 g/mol. The molecule has 0 saturated carbocycles. The summed E-state index contributed by atoms with van der Waals surface area (Å²) in [5, 5.41) is 3.82. The highest BCUT2D eigenvalue weighted by molar-refractivity contribution is 7.89. The van der Waals surface area contributed by atoms with Crippen molar-refractivity contribution in [1.82, 2.24) is 19.8 Å². The first-order valence-corrected chi connectivity index (χ1v) is 8.42. The Balaban J connectivity index is 2.07. The normalized spacial score (nSPS) is 13.2. The van der Waals surface area contributed by atoms with E-state index in [4.69, 9.17) is 4.52 Å². The molecule has 0 spiro atoms. The van der Waals surface area contributed by atoms with E-state index in [1.165, 1.54) is 0 Å². The minimum atomic E-state index is -3.34. The molecule has 2 rings (SSSR count). The second kappa shape index (κ2) is 6.77. The third-order valence-electron chi connectivity index (χ3n) is 2.83. The molecule has 0 radical (unpaired) electrons. The molecule has 0 saturated heterocycles. The molecule has 7 nitrogen and oxygen atoms in total. The fraction of sp³-hybridized carbons (Fsp3) is 0.462. The first-order chi connectivity index (χ1) is 10.0. The number of hydrogen-bond donors (Lipinski definition) is 1. The lowest BCUT2D eigenvalue weighted by molar-refractivity contribution is 0.353. The van der Waals surface area contributed by atoms with Crippen LogP contribution in [0.4, 0.5) is 0 Å². The summed E-state index contributed by atoms with van der Waals surface area (Å²) in [6, 6.07) is 4.78. The lowest BCUT2D eigenvalue weighted by Crippen LogP contribution is -2.29. The van der Waals surface area contributed by atoms with Gasteiger partial charge in [-0.3, -0.25) is 4.98 Å². The fourth-order valence-corrected chi connectivity index (χ4v) is 3.15. The monoisotopic (exact) mass is 310 g/mol. The molecule has 0 aliphatic heterocycles. The van der Waals surface area contributed by atoms with E-state index in [1.54, 1.807) is 25.3 Å². The summed E-state index contributed by atoms with van der Waals surface area (Å²) in [5.41, 5.74) is 0.577. The first-order valence-electron chi connectivity index (χ1n) is 6.77. The van der Waals surface area contributed by atoms with E-state index in [0.717, 1.165) is 6.42 Å². The SMILES string of the molecule is CCCCS(=O)(=O)N[C@@H](C)c1nc(-c2ccccn2)no1. The Bertz CT molecular complexity index is 670. The average Bonchev–Trinajstić information content (AvgIpc) is 2.96. The van der Waals surface area contributed by atoms with Crippen molar-refractivity contribution >= 4 is 10.0 Å². The van der Waals surface area contributed by atoms with E-state index >= 15 is 0 Å². The molecule has 0 fully saturated rings. The van der Waals surface area contributed by atoms with Gasteiger partial charge in [0.25, 0.3) is 0 Å². The molecular weight excluding hydrogens is 292 g/mol. The van der Waals surface area contributed by atoms with Crippen LogP contribution < -0.4 is 4.72 Å². The lowest BCUT2D eigenvalue weighted by atomic mass is 10.3. The summed E-state index contributed by atoms with van der Waals surface area (Å²) >= 11 is 0. The van der Waals surface area contributed by atoms with Crippen molar-refractivity contribution in [2.45, 2.75) is 32.7 Å². The van der Waals surface area contributed by atoms with Crippen LogP contribution in [-0.2, 0) is 10.0 Å². The molecule has 0 bridgehead atoms. The van der Waals surface area contributed by atoms with Crippen LogP contribution in [0.1, 0.15) is 38.6 Å². The molecule has 0 unspecified atom stereocenters. The summed E-state index contributed by atoms with van der Waals surface area (Å²) in [6.45, 7) is 3.61. The smallest absolute Gasteiger partial charge is 0.244 e. The van der Waals surface area contributed by atoms with Gasteiger partial charge < -0.3 is 4.52 Å². The van der Waals surface area contributed by atoms with Crippen molar-refractivity contribution in [2.24, 2.45) is 0 Å². The number of sulfonamides is 1. The minimum Gasteiger partial charge on any atom is -0.337 e. The van der Waals surface area contributed by atoms with E-state index in [2.05, 4.69) is 19.8 Å². The summed E-state index contributed by atoms with van der Waals surface area (Å²) < 4.78 is 31.3. The number of nitrogens with zero attached hydrogens (tertiary/aromatic N) is 3. The molecule has 2 heterocycles. The van der Waals surface area contributed by atoms with Gasteiger partial charge in [-0.15, -0.1) is 0 Å². The third-order valence-corrected chi connectivity index (χ3v) is 4.37. The lowest BCUT2D eigenvalue weighted by Gasteiger charge is -2.09. The van der Waals surface area contributed by atoms with Crippen LogP contribution in [0.3, 0.4) is 0 Å². The zero-order valence-corrected chi connectivity index (χ0v) is 12.8. The molecule has 21 heavy (non-hydrogen) atoms. The van der Waals surface area contributed by atoms with Gasteiger partial charge >= 0.3 is 0 Å². The van der Waals surface area contributed by atoms with Crippen LogP contribution in [0.2, 0.25) is 0 Å². The van der Waals surface area contributed by atoms with E-state index in [-0.39, 0.29) is 11.6 Å². The molecule has 2 aromatic rings. The topological polar surface area (TPSA) is 98.0 Å². The molecular formula is C13H18N4O3S. The van der Waals surface area contributed by atoms with Gasteiger partial charge in [0.15, 0.2) is 0 Å². The Morgan fingerprint density at radius 3 is 2.86 bits per heavy atom. The molecule has 114 valence electrons. The Labute approximate surface area is 123 Å². The van der Waals surface area contributed by atoms with Gasteiger partial charge in [0.05, 0.1) is 11.8 Å². The number of rotatable bonds is 7. The van der Waals surface area contributed by atoms with Gasteiger partial charge in [-0.05, 0) is 25.5 Å². The van der Waals surface area contributed by atoms with Crippen LogP contribution in [-0.4, -0.2) is 29.3 Å². The van der Waals surface area contributed by atoms with Gasteiger partial charge in [0, 0.05) is 6.20 Å². The second-order valence-electron chi connectivity index (χ2n) is 4.68. The van der Waals surface area contributed by atoms with E-state index in [9.17, 15) is 8.42 Å². The number of pyridine rings is 1. The standard InChI is InChI=1S/C13H18N4O3S/c1-3-4-9-21(18,19)17-10(2)13-15-12(16-20-13)11-7-5-6-8-14-11/h5-8,10,17H,3-4,9H2,1-2H3/t10-/m0/s1. The zero-order valence-electron chi connectivity index (χ0n) is 12.0. The molecule has 2 aromatic heterocycles. The molecule has 0 amide bonds. The van der Waals surface area contributed by atoms with Gasteiger partial charge in [0.2, 0.25) is 21.7 Å². The van der Waals surface area contributed by atoms with Crippen LogP contribution in [0.15, 0.2) is 28.9 Å². The Morgan fingerprint density at radius 1 is 1.38 bits per heavy atom. The minimum absolute atomic E-state index is 0.0923. The maximum Gasteiger partial charge on any atom is 0.244 e. The Hall–Kier alpha value is -1.80. The second-order valence-corrected chi connectivity index (χ2v) is 6.56. The maximum atomic E-state index is 11.8. The van der Waals surface area contributed by atoms with Crippen molar-refractivity contribution in [3.63, 3.8) is 0 Å². The molecule has 0 aliphatic rings. The number of aromatic nitrogens is 3. The zero-order chi connectivity index (χ0) is 15.3. The van der Waals surface area contributed by atoms with Crippen LogP contribution in [0, 0.1) is 0 Å². The molecule has 0 aromatic carbocycles. The van der Waals surface area contributed by atoms with E-state index < -0.39 is 16.1 Å². The van der Waals surface area contributed by atoms with Gasteiger partial charge in [0.1, 0.15) is 5.69 Å². The predicted octanol–water partition coefficient (Wildman–Crippen LogP) is 1.91. The van der Waals surface area contributed by atoms with Crippen molar-refractivity contribution in [1.29, 1.82) is 0 Å². The summed E-state index contributed by atoms with van der Waals surface area (Å²) in [7, 11) is -3.34. The third kappa shape index (κ3) is 4.33. The van der Waals surface area contributed by atoms with Gasteiger partial charge in [-0.25, -0.2) is 13.1 Å².